The van der Waals surface area contributed by atoms with E-state index in [1.165, 1.54) is 23.6 Å². The highest BCUT2D eigenvalue weighted by Gasteiger charge is 2.30. The summed E-state index contributed by atoms with van der Waals surface area (Å²) in [6, 6.07) is 6.91. The fourth-order valence-corrected chi connectivity index (χ4v) is 3.01. The van der Waals surface area contributed by atoms with Crippen LogP contribution in [0.2, 0.25) is 0 Å². The summed E-state index contributed by atoms with van der Waals surface area (Å²) in [6.45, 7) is 5.37. The van der Waals surface area contributed by atoms with Gasteiger partial charge in [0.2, 0.25) is 0 Å². The summed E-state index contributed by atoms with van der Waals surface area (Å²) < 4.78 is 5.48. The smallest absolute Gasteiger partial charge is 0.308 e. The van der Waals surface area contributed by atoms with E-state index in [1.54, 1.807) is 36.4 Å². The van der Waals surface area contributed by atoms with Gasteiger partial charge in [-0.2, -0.15) is 0 Å². The van der Waals surface area contributed by atoms with Gasteiger partial charge in [-0.1, -0.05) is 42.2 Å². The zero-order valence-corrected chi connectivity index (χ0v) is 13.0. The number of amides is 1. The van der Waals surface area contributed by atoms with Gasteiger partial charge in [-0.3, -0.25) is 14.5 Å². The summed E-state index contributed by atoms with van der Waals surface area (Å²) in [5.41, 5.74) is 0.838. The van der Waals surface area contributed by atoms with E-state index in [2.05, 4.69) is 6.58 Å². The molecule has 0 aromatic heterocycles. The first kappa shape index (κ1) is 15.5. The maximum Gasteiger partial charge on any atom is 0.308 e. The second kappa shape index (κ2) is 6.69. The Labute approximate surface area is 132 Å². The van der Waals surface area contributed by atoms with Gasteiger partial charge in [-0.05, 0) is 23.8 Å². The molecule has 0 atom stereocenters. The van der Waals surface area contributed by atoms with Gasteiger partial charge in [0.15, 0.2) is 0 Å². The van der Waals surface area contributed by atoms with Gasteiger partial charge in [0.25, 0.3) is 5.91 Å². The van der Waals surface area contributed by atoms with E-state index in [-0.39, 0.29) is 11.9 Å². The summed E-state index contributed by atoms with van der Waals surface area (Å²) in [5.74, 6) is -0.0131. The van der Waals surface area contributed by atoms with Crippen LogP contribution in [0.15, 0.2) is 41.8 Å². The lowest BCUT2D eigenvalue weighted by atomic mass is 10.2. The van der Waals surface area contributed by atoms with Crippen molar-refractivity contribution >= 4 is 46.3 Å². The molecule has 0 spiro atoms. The second-order valence-electron chi connectivity index (χ2n) is 4.24. The molecular formula is C15H13NO3S2. The minimum atomic E-state index is -0.368. The molecule has 21 heavy (non-hydrogen) atoms. The van der Waals surface area contributed by atoms with Crippen molar-refractivity contribution in [2.75, 3.05) is 6.54 Å². The molecule has 0 saturated carbocycles. The molecule has 1 aromatic carbocycles. The van der Waals surface area contributed by atoms with Gasteiger partial charge in [0.1, 0.15) is 10.1 Å². The van der Waals surface area contributed by atoms with Crippen LogP contribution in [0.1, 0.15) is 12.5 Å². The van der Waals surface area contributed by atoms with Crippen molar-refractivity contribution in [2.45, 2.75) is 6.92 Å². The molecule has 0 unspecified atom stereocenters. The summed E-state index contributed by atoms with van der Waals surface area (Å²) >= 11 is 6.43. The fraction of sp³-hybridized carbons (Fsp3) is 0.133. The zero-order chi connectivity index (χ0) is 15.4. The van der Waals surface area contributed by atoms with Crippen LogP contribution in [0.3, 0.4) is 0 Å². The molecule has 1 heterocycles. The van der Waals surface area contributed by atoms with Gasteiger partial charge in [-0.25, -0.2) is 0 Å². The molecule has 1 amide bonds. The minimum Gasteiger partial charge on any atom is -0.427 e. The lowest BCUT2D eigenvalue weighted by Crippen LogP contribution is -2.27. The fourth-order valence-electron chi connectivity index (χ4n) is 1.74. The summed E-state index contributed by atoms with van der Waals surface area (Å²) in [4.78, 5) is 25.1. The van der Waals surface area contributed by atoms with Gasteiger partial charge >= 0.3 is 5.97 Å². The molecule has 1 aliphatic heterocycles. The number of carbonyl (C=O) groups excluding carboxylic acids is 2. The normalized spacial score (nSPS) is 16.4. The molecule has 108 valence electrons. The van der Waals surface area contributed by atoms with Crippen molar-refractivity contribution in [3.8, 4) is 5.75 Å². The standard InChI is InChI=1S/C15H13NO3S2/c1-3-8-16-14(18)13(21-15(16)20)9-11-4-6-12(7-5-11)19-10(2)17/h3-7,9H,1,8H2,2H3. The van der Waals surface area contributed by atoms with E-state index in [1.807, 2.05) is 0 Å². The average Bonchev–Trinajstić information content (AvgIpc) is 2.69. The molecule has 6 heteroatoms. The third kappa shape index (κ3) is 3.80. The number of ether oxygens (including phenoxy) is 1. The van der Waals surface area contributed by atoms with Gasteiger partial charge in [-0.15, -0.1) is 6.58 Å². The number of thiocarbonyl (C=S) groups is 1. The lowest BCUT2D eigenvalue weighted by molar-refractivity contribution is -0.131. The lowest BCUT2D eigenvalue weighted by Gasteiger charge is -2.10. The first-order valence-electron chi connectivity index (χ1n) is 6.16. The summed E-state index contributed by atoms with van der Waals surface area (Å²) in [6.07, 6.45) is 3.40. The SMILES string of the molecule is C=CCN1C(=O)C(=Cc2ccc(OC(C)=O)cc2)SC1=S. The van der Waals surface area contributed by atoms with E-state index >= 15 is 0 Å². The van der Waals surface area contributed by atoms with Crippen molar-refractivity contribution in [3.05, 3.63) is 47.4 Å². The third-order valence-corrected chi connectivity index (χ3v) is 4.00. The maximum absolute atomic E-state index is 12.2. The maximum atomic E-state index is 12.2. The van der Waals surface area contributed by atoms with E-state index < -0.39 is 0 Å². The van der Waals surface area contributed by atoms with Crippen LogP contribution in [-0.4, -0.2) is 27.6 Å². The molecule has 0 N–H and O–H groups in total. The number of thioether (sulfide) groups is 1. The molecule has 1 fully saturated rings. The van der Waals surface area contributed by atoms with Gasteiger partial charge in [0.05, 0.1) is 4.91 Å². The van der Waals surface area contributed by atoms with Crippen LogP contribution in [0.25, 0.3) is 6.08 Å². The Balaban J connectivity index is 2.16. The van der Waals surface area contributed by atoms with E-state index in [4.69, 9.17) is 17.0 Å². The van der Waals surface area contributed by atoms with Crippen LogP contribution >= 0.6 is 24.0 Å². The Kier molecular flexibility index (Phi) is 4.93. The molecule has 1 aromatic rings. The molecule has 4 nitrogen and oxygen atoms in total. The first-order chi connectivity index (χ1) is 10.0. The second-order valence-corrected chi connectivity index (χ2v) is 5.92. The first-order valence-corrected chi connectivity index (χ1v) is 7.38. The van der Waals surface area contributed by atoms with Crippen LogP contribution in [0.5, 0.6) is 5.75 Å². The number of rotatable bonds is 4. The van der Waals surface area contributed by atoms with Crippen LogP contribution in [0.4, 0.5) is 0 Å². The molecule has 0 aliphatic carbocycles. The Hall–Kier alpha value is -1.92. The van der Waals surface area contributed by atoms with Crippen molar-refractivity contribution in [1.82, 2.24) is 4.90 Å². The predicted octanol–water partition coefficient (Wildman–Crippen LogP) is 3.00. The Bertz CT molecular complexity index is 635. The molecule has 0 radical (unpaired) electrons. The topological polar surface area (TPSA) is 46.6 Å². The summed E-state index contributed by atoms with van der Waals surface area (Å²) in [7, 11) is 0. The third-order valence-electron chi connectivity index (χ3n) is 2.62. The summed E-state index contributed by atoms with van der Waals surface area (Å²) in [5, 5.41) is 0. The number of benzene rings is 1. The highest BCUT2D eigenvalue weighted by molar-refractivity contribution is 8.26. The van der Waals surface area contributed by atoms with Crippen LogP contribution in [-0.2, 0) is 9.59 Å². The highest BCUT2D eigenvalue weighted by atomic mass is 32.2. The van der Waals surface area contributed by atoms with Gasteiger partial charge in [0, 0.05) is 13.5 Å². The van der Waals surface area contributed by atoms with E-state index in [0.29, 0.717) is 21.5 Å². The van der Waals surface area contributed by atoms with Crippen molar-refractivity contribution in [2.24, 2.45) is 0 Å². The average molecular weight is 319 g/mol. The van der Waals surface area contributed by atoms with Crippen molar-refractivity contribution in [1.29, 1.82) is 0 Å². The quantitative estimate of drug-likeness (QED) is 0.281. The molecular weight excluding hydrogens is 306 g/mol. The monoisotopic (exact) mass is 319 g/mol. The van der Waals surface area contributed by atoms with E-state index in [9.17, 15) is 9.59 Å². The Morgan fingerprint density at radius 2 is 2.10 bits per heavy atom. The Morgan fingerprint density at radius 3 is 2.67 bits per heavy atom. The molecule has 1 saturated heterocycles. The zero-order valence-electron chi connectivity index (χ0n) is 11.4. The highest BCUT2D eigenvalue weighted by Crippen LogP contribution is 2.32. The number of carbonyl (C=O) groups is 2. The number of hydrogen-bond acceptors (Lipinski definition) is 5. The van der Waals surface area contributed by atoms with E-state index in [0.717, 1.165) is 5.56 Å². The van der Waals surface area contributed by atoms with Crippen molar-refractivity contribution < 1.29 is 14.3 Å². The largest absolute Gasteiger partial charge is 0.427 e. The van der Waals surface area contributed by atoms with Crippen molar-refractivity contribution in [3.63, 3.8) is 0 Å². The molecule has 1 aliphatic rings. The molecule has 2 rings (SSSR count). The predicted molar refractivity (Wildman–Crippen MR) is 87.8 cm³/mol. The number of esters is 1. The van der Waals surface area contributed by atoms with Crippen LogP contribution < -0.4 is 4.74 Å². The van der Waals surface area contributed by atoms with Gasteiger partial charge < -0.3 is 4.74 Å². The number of hydrogen-bond donors (Lipinski definition) is 0. The minimum absolute atomic E-state index is 0.117. The molecule has 0 bridgehead atoms. The van der Waals surface area contributed by atoms with Crippen LogP contribution in [0, 0.1) is 0 Å². The number of nitrogens with zero attached hydrogens (tertiary/aromatic N) is 1. The Morgan fingerprint density at radius 1 is 1.43 bits per heavy atom.